The topological polar surface area (TPSA) is 55.1 Å². The maximum atomic E-state index is 12.3. The van der Waals surface area contributed by atoms with Crippen LogP contribution in [-0.2, 0) is 11.8 Å². The van der Waals surface area contributed by atoms with E-state index < -0.39 is 23.8 Å². The van der Waals surface area contributed by atoms with Gasteiger partial charge >= 0.3 is 12.1 Å². The van der Waals surface area contributed by atoms with Gasteiger partial charge in [-0.2, -0.15) is 13.2 Å². The highest BCUT2D eigenvalue weighted by Crippen LogP contribution is 2.31. The van der Waals surface area contributed by atoms with E-state index in [9.17, 15) is 18.0 Å². The van der Waals surface area contributed by atoms with Crippen LogP contribution in [0.5, 0.6) is 0 Å². The van der Waals surface area contributed by atoms with Crippen LogP contribution in [0.4, 0.5) is 13.2 Å². The quantitative estimate of drug-likeness (QED) is 0.832. The third kappa shape index (κ3) is 3.16. The lowest BCUT2D eigenvalue weighted by Crippen LogP contribution is -2.32. The van der Waals surface area contributed by atoms with Crippen LogP contribution in [0.3, 0.4) is 0 Å². The van der Waals surface area contributed by atoms with E-state index in [1.165, 1.54) is 10.8 Å². The van der Waals surface area contributed by atoms with Crippen molar-refractivity contribution in [3.05, 3.63) is 12.4 Å². The Balaban J connectivity index is 2.65. The number of halogens is 3. The molecule has 1 aromatic rings. The van der Waals surface area contributed by atoms with Crippen molar-refractivity contribution in [3.8, 4) is 0 Å². The summed E-state index contributed by atoms with van der Waals surface area (Å²) in [6.07, 6.45) is -1.72. The number of nitrogens with zero attached hydrogens (tertiary/aromatic N) is 2. The molecule has 0 bridgehead atoms. The number of thioether (sulfide) groups is 1. The number of carbonyl (C=O) groups is 1. The Bertz CT molecular complexity index is 378. The van der Waals surface area contributed by atoms with Crippen LogP contribution in [0.2, 0.25) is 0 Å². The lowest BCUT2D eigenvalue weighted by molar-refractivity contribution is -0.188. The molecule has 0 saturated heterocycles. The Hall–Kier alpha value is -1.18. The number of hydrogen-bond donors (Lipinski definition) is 1. The molecular weight excluding hydrogens is 245 g/mol. The first-order chi connectivity index (χ1) is 7.32. The van der Waals surface area contributed by atoms with E-state index >= 15 is 0 Å². The van der Waals surface area contributed by atoms with E-state index in [1.807, 2.05) is 0 Å². The van der Waals surface area contributed by atoms with Crippen molar-refractivity contribution in [2.45, 2.75) is 11.3 Å². The highest BCUT2D eigenvalue weighted by Gasteiger charge is 2.45. The molecule has 4 nitrogen and oxygen atoms in total. The van der Waals surface area contributed by atoms with Crippen LogP contribution in [0.1, 0.15) is 0 Å². The lowest BCUT2D eigenvalue weighted by atomic mass is 10.2. The predicted molar refractivity (Wildman–Crippen MR) is 51.1 cm³/mol. The third-order valence-corrected chi connectivity index (χ3v) is 3.00. The second-order valence-corrected chi connectivity index (χ2v) is 4.05. The molecule has 1 aromatic heterocycles. The maximum absolute atomic E-state index is 12.3. The molecule has 0 fully saturated rings. The van der Waals surface area contributed by atoms with Crippen molar-refractivity contribution in [1.29, 1.82) is 0 Å². The average Bonchev–Trinajstić information content (AvgIpc) is 2.49. The van der Waals surface area contributed by atoms with E-state index in [0.29, 0.717) is 5.16 Å². The molecule has 0 aromatic carbocycles. The van der Waals surface area contributed by atoms with Crippen LogP contribution in [0, 0.1) is 5.92 Å². The fraction of sp³-hybridized carbons (Fsp3) is 0.500. The number of hydrogen-bond acceptors (Lipinski definition) is 3. The van der Waals surface area contributed by atoms with E-state index in [-0.39, 0.29) is 0 Å². The largest absolute Gasteiger partial charge is 0.481 e. The summed E-state index contributed by atoms with van der Waals surface area (Å²) in [5, 5.41) is 8.80. The minimum Gasteiger partial charge on any atom is -0.481 e. The zero-order valence-corrected chi connectivity index (χ0v) is 9.05. The minimum atomic E-state index is -4.73. The highest BCUT2D eigenvalue weighted by molar-refractivity contribution is 7.99. The summed E-state index contributed by atoms with van der Waals surface area (Å²) in [4.78, 5) is 14.2. The van der Waals surface area contributed by atoms with Gasteiger partial charge in [-0.1, -0.05) is 11.8 Å². The summed E-state index contributed by atoms with van der Waals surface area (Å²) in [6.45, 7) is 0. The van der Waals surface area contributed by atoms with Gasteiger partial charge in [0.1, 0.15) is 0 Å². The van der Waals surface area contributed by atoms with Crippen molar-refractivity contribution in [3.63, 3.8) is 0 Å². The Labute approximate surface area is 93.5 Å². The van der Waals surface area contributed by atoms with Crippen molar-refractivity contribution in [2.24, 2.45) is 13.0 Å². The van der Waals surface area contributed by atoms with Gasteiger partial charge in [-0.05, 0) is 0 Å². The Morgan fingerprint density at radius 1 is 1.69 bits per heavy atom. The monoisotopic (exact) mass is 254 g/mol. The first kappa shape index (κ1) is 12.9. The second kappa shape index (κ2) is 4.77. The molecule has 1 heterocycles. The summed E-state index contributed by atoms with van der Waals surface area (Å²) in [6, 6.07) is 0. The number of aliphatic carboxylic acids is 1. The number of aromatic nitrogens is 2. The molecule has 1 unspecified atom stereocenters. The molecule has 1 atom stereocenters. The van der Waals surface area contributed by atoms with Crippen molar-refractivity contribution in [1.82, 2.24) is 9.55 Å². The van der Waals surface area contributed by atoms with Gasteiger partial charge in [-0.25, -0.2) is 4.98 Å². The number of rotatable bonds is 4. The zero-order valence-electron chi connectivity index (χ0n) is 8.23. The van der Waals surface area contributed by atoms with Crippen molar-refractivity contribution in [2.75, 3.05) is 5.75 Å². The fourth-order valence-electron chi connectivity index (χ4n) is 0.955. The molecule has 0 saturated carbocycles. The van der Waals surface area contributed by atoms with Gasteiger partial charge in [0, 0.05) is 25.2 Å². The van der Waals surface area contributed by atoms with Crippen LogP contribution < -0.4 is 0 Å². The van der Waals surface area contributed by atoms with Gasteiger partial charge in [0.15, 0.2) is 11.1 Å². The van der Waals surface area contributed by atoms with Gasteiger partial charge in [0.05, 0.1) is 0 Å². The maximum Gasteiger partial charge on any atom is 0.403 e. The molecule has 0 aliphatic heterocycles. The molecule has 0 amide bonds. The molecule has 0 aliphatic rings. The number of aryl methyl sites for hydroxylation is 1. The number of carboxylic acid groups (broad SMARTS) is 1. The van der Waals surface area contributed by atoms with E-state index in [2.05, 4.69) is 4.98 Å². The standard InChI is InChI=1S/C8H9F3N2O2S/c1-13-3-2-12-7(13)16-4-5(6(14)15)8(9,10)11/h2-3,5H,4H2,1H3,(H,14,15). The molecule has 90 valence electrons. The molecule has 1 rings (SSSR count). The Kier molecular flexibility index (Phi) is 3.84. The van der Waals surface area contributed by atoms with Crippen molar-refractivity contribution >= 4 is 17.7 Å². The molecule has 0 aliphatic carbocycles. The number of carboxylic acids is 1. The van der Waals surface area contributed by atoms with Gasteiger partial charge in [-0.3, -0.25) is 4.79 Å². The van der Waals surface area contributed by atoms with E-state index in [4.69, 9.17) is 5.11 Å². The van der Waals surface area contributed by atoms with Gasteiger partial charge in [-0.15, -0.1) is 0 Å². The molecule has 16 heavy (non-hydrogen) atoms. The summed E-state index contributed by atoms with van der Waals surface area (Å²) in [7, 11) is 1.62. The molecule has 0 radical (unpaired) electrons. The molecule has 1 N–H and O–H groups in total. The summed E-state index contributed by atoms with van der Waals surface area (Å²) in [5.41, 5.74) is 0. The Morgan fingerprint density at radius 2 is 2.31 bits per heavy atom. The number of imidazole rings is 1. The molecule has 0 spiro atoms. The first-order valence-electron chi connectivity index (χ1n) is 4.22. The minimum absolute atomic E-state index is 0.357. The zero-order chi connectivity index (χ0) is 12.3. The van der Waals surface area contributed by atoms with Gasteiger partial charge < -0.3 is 9.67 Å². The molecule has 8 heteroatoms. The lowest BCUT2D eigenvalue weighted by Gasteiger charge is -2.15. The smallest absolute Gasteiger partial charge is 0.403 e. The SMILES string of the molecule is Cn1ccnc1SCC(C(=O)O)C(F)(F)F. The van der Waals surface area contributed by atoms with Crippen LogP contribution in [-0.4, -0.2) is 32.6 Å². The van der Waals surface area contributed by atoms with Crippen molar-refractivity contribution < 1.29 is 23.1 Å². The summed E-state index contributed by atoms with van der Waals surface area (Å²) in [5.74, 6) is -4.81. The average molecular weight is 254 g/mol. The second-order valence-electron chi connectivity index (χ2n) is 3.06. The van der Waals surface area contributed by atoms with Crippen LogP contribution in [0.15, 0.2) is 17.6 Å². The predicted octanol–water partition coefficient (Wildman–Crippen LogP) is 1.78. The summed E-state index contributed by atoms with van der Waals surface area (Å²) < 4.78 is 38.4. The fourth-order valence-corrected chi connectivity index (χ4v) is 2.00. The van der Waals surface area contributed by atoms with Crippen LogP contribution in [0.25, 0.3) is 0 Å². The normalized spacial score (nSPS) is 13.8. The Morgan fingerprint density at radius 3 is 2.69 bits per heavy atom. The van der Waals surface area contributed by atoms with E-state index in [0.717, 1.165) is 11.8 Å². The van der Waals surface area contributed by atoms with Gasteiger partial charge in [0.2, 0.25) is 0 Å². The summed E-state index contributed by atoms with van der Waals surface area (Å²) >= 11 is 0.768. The molecular formula is C8H9F3N2O2S. The first-order valence-corrected chi connectivity index (χ1v) is 5.20. The van der Waals surface area contributed by atoms with Crippen LogP contribution >= 0.6 is 11.8 Å². The van der Waals surface area contributed by atoms with E-state index in [1.54, 1.807) is 13.2 Å². The highest BCUT2D eigenvalue weighted by atomic mass is 32.2. The van der Waals surface area contributed by atoms with Gasteiger partial charge in [0.25, 0.3) is 0 Å². The third-order valence-electron chi connectivity index (χ3n) is 1.85. The number of alkyl halides is 3.